The van der Waals surface area contributed by atoms with Gasteiger partial charge >= 0.3 is 6.03 Å². The molecule has 0 aliphatic carbocycles. The molecule has 1 aliphatic heterocycles. The lowest BCUT2D eigenvalue weighted by Gasteiger charge is -2.25. The second-order valence-corrected chi connectivity index (χ2v) is 5.61. The molecule has 3 rings (SSSR count). The van der Waals surface area contributed by atoms with Crippen LogP contribution in [-0.4, -0.2) is 35.3 Å². The SMILES string of the molecule is NC(=O)COc1ccc(C=C2C(=O)NC(=O)N(Cc3ccco3)C2=O)cc1. The molecule has 27 heavy (non-hydrogen) atoms. The number of barbiturate groups is 1. The summed E-state index contributed by atoms with van der Waals surface area (Å²) >= 11 is 0. The third kappa shape index (κ3) is 4.21. The Morgan fingerprint density at radius 2 is 1.93 bits per heavy atom. The van der Waals surface area contributed by atoms with Gasteiger partial charge in [-0.25, -0.2) is 4.79 Å². The van der Waals surface area contributed by atoms with Crippen LogP contribution in [0, 0.1) is 0 Å². The molecule has 0 radical (unpaired) electrons. The zero-order valence-electron chi connectivity index (χ0n) is 14.0. The molecule has 3 N–H and O–H groups in total. The maximum atomic E-state index is 12.6. The lowest BCUT2D eigenvalue weighted by molar-refractivity contribution is -0.130. The molecule has 9 nitrogen and oxygen atoms in total. The zero-order valence-corrected chi connectivity index (χ0v) is 14.0. The monoisotopic (exact) mass is 369 g/mol. The number of hydrogen-bond donors (Lipinski definition) is 2. The summed E-state index contributed by atoms with van der Waals surface area (Å²) < 4.78 is 10.3. The van der Waals surface area contributed by atoms with Crippen LogP contribution in [0.1, 0.15) is 11.3 Å². The first kappa shape index (κ1) is 17.9. The van der Waals surface area contributed by atoms with Gasteiger partial charge in [0.05, 0.1) is 12.8 Å². The molecular weight excluding hydrogens is 354 g/mol. The Morgan fingerprint density at radius 1 is 1.19 bits per heavy atom. The Kier molecular flexibility index (Phi) is 5.02. The van der Waals surface area contributed by atoms with E-state index in [9.17, 15) is 19.2 Å². The van der Waals surface area contributed by atoms with Gasteiger partial charge in [-0.3, -0.25) is 24.6 Å². The average molecular weight is 369 g/mol. The molecule has 5 amide bonds. The number of hydrogen-bond acceptors (Lipinski definition) is 6. The van der Waals surface area contributed by atoms with E-state index in [0.717, 1.165) is 4.90 Å². The lowest BCUT2D eigenvalue weighted by atomic mass is 10.1. The van der Waals surface area contributed by atoms with E-state index < -0.39 is 23.8 Å². The summed E-state index contributed by atoms with van der Waals surface area (Å²) in [6, 6.07) is 8.75. The molecule has 2 heterocycles. The van der Waals surface area contributed by atoms with E-state index in [1.165, 1.54) is 12.3 Å². The Balaban J connectivity index is 1.79. The van der Waals surface area contributed by atoms with E-state index in [-0.39, 0.29) is 18.7 Å². The highest BCUT2D eigenvalue weighted by atomic mass is 16.5. The van der Waals surface area contributed by atoms with Crippen molar-refractivity contribution in [2.24, 2.45) is 5.73 Å². The minimum atomic E-state index is -0.811. The Bertz CT molecular complexity index is 915. The van der Waals surface area contributed by atoms with E-state index in [4.69, 9.17) is 14.9 Å². The molecule has 1 aromatic heterocycles. The fourth-order valence-corrected chi connectivity index (χ4v) is 2.38. The lowest BCUT2D eigenvalue weighted by Crippen LogP contribution is -2.53. The van der Waals surface area contributed by atoms with Crippen molar-refractivity contribution in [3.8, 4) is 5.75 Å². The van der Waals surface area contributed by atoms with Gasteiger partial charge in [-0.1, -0.05) is 12.1 Å². The molecule has 1 saturated heterocycles. The van der Waals surface area contributed by atoms with Crippen LogP contribution >= 0.6 is 0 Å². The highest BCUT2D eigenvalue weighted by Gasteiger charge is 2.36. The molecule has 2 aromatic rings. The predicted molar refractivity (Wildman–Crippen MR) is 91.9 cm³/mol. The molecule has 1 fully saturated rings. The van der Waals surface area contributed by atoms with Gasteiger partial charge in [-0.2, -0.15) is 0 Å². The Labute approximate surface area is 153 Å². The molecule has 0 saturated carbocycles. The van der Waals surface area contributed by atoms with Crippen LogP contribution in [0.25, 0.3) is 6.08 Å². The van der Waals surface area contributed by atoms with Crippen LogP contribution in [-0.2, 0) is 20.9 Å². The second-order valence-electron chi connectivity index (χ2n) is 5.61. The predicted octanol–water partition coefficient (Wildman–Crippen LogP) is 0.806. The topological polar surface area (TPSA) is 132 Å². The largest absolute Gasteiger partial charge is 0.484 e. The molecular formula is C18H15N3O6. The minimum absolute atomic E-state index is 0.0951. The maximum Gasteiger partial charge on any atom is 0.331 e. The molecule has 0 atom stereocenters. The van der Waals surface area contributed by atoms with Crippen molar-refractivity contribution in [1.29, 1.82) is 0 Å². The smallest absolute Gasteiger partial charge is 0.331 e. The van der Waals surface area contributed by atoms with Crippen LogP contribution in [0.2, 0.25) is 0 Å². The first-order valence-electron chi connectivity index (χ1n) is 7.86. The molecule has 138 valence electrons. The third-order valence-electron chi connectivity index (χ3n) is 3.65. The molecule has 0 spiro atoms. The fraction of sp³-hybridized carbons (Fsp3) is 0.111. The van der Waals surface area contributed by atoms with Gasteiger partial charge in [-0.15, -0.1) is 0 Å². The van der Waals surface area contributed by atoms with Crippen LogP contribution in [0.3, 0.4) is 0 Å². The van der Waals surface area contributed by atoms with Gasteiger partial charge in [0.2, 0.25) is 0 Å². The third-order valence-corrected chi connectivity index (χ3v) is 3.65. The second kappa shape index (κ2) is 7.56. The number of amides is 5. The van der Waals surface area contributed by atoms with Gasteiger partial charge in [0.15, 0.2) is 6.61 Å². The van der Waals surface area contributed by atoms with Crippen molar-refractivity contribution in [2.75, 3.05) is 6.61 Å². The summed E-state index contributed by atoms with van der Waals surface area (Å²) in [4.78, 5) is 48.2. The van der Waals surface area contributed by atoms with Gasteiger partial charge in [0.1, 0.15) is 17.1 Å². The fourth-order valence-electron chi connectivity index (χ4n) is 2.38. The highest BCUT2D eigenvalue weighted by Crippen LogP contribution is 2.19. The van der Waals surface area contributed by atoms with Crippen molar-refractivity contribution >= 4 is 29.8 Å². The number of nitrogens with one attached hydrogen (secondary N) is 1. The van der Waals surface area contributed by atoms with E-state index in [2.05, 4.69) is 5.32 Å². The average Bonchev–Trinajstić information content (AvgIpc) is 3.14. The highest BCUT2D eigenvalue weighted by molar-refractivity contribution is 6.30. The van der Waals surface area contributed by atoms with Crippen molar-refractivity contribution in [2.45, 2.75) is 6.54 Å². The summed E-state index contributed by atoms with van der Waals surface area (Å²) in [7, 11) is 0. The Morgan fingerprint density at radius 3 is 2.56 bits per heavy atom. The summed E-state index contributed by atoms with van der Waals surface area (Å²) in [5.41, 5.74) is 5.35. The minimum Gasteiger partial charge on any atom is -0.484 e. The summed E-state index contributed by atoms with van der Waals surface area (Å²) in [6.45, 7) is -0.354. The van der Waals surface area contributed by atoms with Crippen LogP contribution in [0.5, 0.6) is 5.75 Å². The number of urea groups is 1. The zero-order chi connectivity index (χ0) is 19.4. The van der Waals surface area contributed by atoms with Crippen molar-refractivity contribution in [3.63, 3.8) is 0 Å². The van der Waals surface area contributed by atoms with Crippen molar-refractivity contribution < 1.29 is 28.3 Å². The van der Waals surface area contributed by atoms with Gasteiger partial charge in [0, 0.05) is 0 Å². The number of furan rings is 1. The number of carbonyl (C=O) groups excluding carboxylic acids is 4. The van der Waals surface area contributed by atoms with Crippen LogP contribution in [0.15, 0.2) is 52.7 Å². The first-order chi connectivity index (χ1) is 12.9. The summed E-state index contributed by atoms with van der Waals surface area (Å²) in [5.74, 6) is -1.30. The number of primary amides is 1. The van der Waals surface area contributed by atoms with Crippen LogP contribution in [0.4, 0.5) is 4.79 Å². The normalized spacial score (nSPS) is 15.8. The first-order valence-corrected chi connectivity index (χ1v) is 7.86. The van der Waals surface area contributed by atoms with Gasteiger partial charge < -0.3 is 14.9 Å². The van der Waals surface area contributed by atoms with E-state index in [1.807, 2.05) is 0 Å². The van der Waals surface area contributed by atoms with Crippen molar-refractivity contribution in [1.82, 2.24) is 10.2 Å². The van der Waals surface area contributed by atoms with Gasteiger partial charge in [-0.05, 0) is 35.9 Å². The maximum absolute atomic E-state index is 12.6. The summed E-state index contributed by atoms with van der Waals surface area (Å²) in [6.07, 6.45) is 2.78. The molecule has 0 bridgehead atoms. The number of carbonyl (C=O) groups is 4. The number of benzene rings is 1. The standard InChI is InChI=1S/C18H15N3O6/c19-15(22)10-27-12-5-3-11(4-6-12)8-14-16(23)20-18(25)21(17(14)24)9-13-2-1-7-26-13/h1-8H,9-10H2,(H2,19,22)(H,20,23,25). The number of nitrogens with zero attached hydrogens (tertiary/aromatic N) is 1. The number of imide groups is 2. The quantitative estimate of drug-likeness (QED) is 0.572. The Hall–Kier alpha value is -3.88. The molecule has 1 aliphatic rings. The summed E-state index contributed by atoms with van der Waals surface area (Å²) in [5, 5.41) is 2.13. The van der Waals surface area contributed by atoms with E-state index >= 15 is 0 Å². The molecule has 0 unspecified atom stereocenters. The van der Waals surface area contributed by atoms with Gasteiger partial charge in [0.25, 0.3) is 17.7 Å². The van der Waals surface area contributed by atoms with Crippen molar-refractivity contribution in [3.05, 3.63) is 59.6 Å². The number of nitrogens with two attached hydrogens (primary N) is 1. The molecule has 1 aromatic carbocycles. The molecule has 9 heteroatoms. The van der Waals surface area contributed by atoms with E-state index in [1.54, 1.807) is 36.4 Å². The van der Waals surface area contributed by atoms with E-state index in [0.29, 0.717) is 17.1 Å². The van der Waals surface area contributed by atoms with Crippen LogP contribution < -0.4 is 15.8 Å². The number of ether oxygens (including phenoxy) is 1. The number of rotatable bonds is 6.